The minimum absolute atomic E-state index is 0.182. The summed E-state index contributed by atoms with van der Waals surface area (Å²) in [5.41, 5.74) is 2.78. The number of nitrogens with one attached hydrogen (secondary N) is 1. The summed E-state index contributed by atoms with van der Waals surface area (Å²) in [6, 6.07) is 11.1. The topological polar surface area (TPSA) is 30.5 Å². The average Bonchev–Trinajstić information content (AvgIpc) is 2.54. The van der Waals surface area contributed by atoms with Crippen molar-refractivity contribution < 1.29 is 13.9 Å². The second-order valence-corrected chi connectivity index (χ2v) is 5.04. The molecular formula is C17H18FNO2. The van der Waals surface area contributed by atoms with E-state index < -0.39 is 0 Å². The molecule has 0 aromatic heterocycles. The van der Waals surface area contributed by atoms with Crippen molar-refractivity contribution in [3.8, 4) is 11.5 Å². The molecule has 3 rings (SSSR count). The Morgan fingerprint density at radius 3 is 2.81 bits per heavy atom. The van der Waals surface area contributed by atoms with Crippen LogP contribution in [0.5, 0.6) is 11.5 Å². The monoisotopic (exact) mass is 287 g/mol. The zero-order valence-electron chi connectivity index (χ0n) is 12.0. The molecule has 1 aliphatic heterocycles. The molecule has 0 unspecified atom stereocenters. The summed E-state index contributed by atoms with van der Waals surface area (Å²) in [4.78, 5) is 0. The molecule has 2 aromatic rings. The van der Waals surface area contributed by atoms with E-state index in [-0.39, 0.29) is 18.2 Å². The van der Waals surface area contributed by atoms with Gasteiger partial charge in [0.05, 0.1) is 12.8 Å². The normalized spacial score (nSPS) is 13.2. The first-order valence-electron chi connectivity index (χ1n) is 7.09. The Kier molecular flexibility index (Phi) is 3.95. The van der Waals surface area contributed by atoms with Crippen LogP contribution < -0.4 is 14.8 Å². The molecule has 0 spiro atoms. The lowest BCUT2D eigenvalue weighted by atomic mass is 10.0. The highest BCUT2D eigenvalue weighted by atomic mass is 19.1. The molecule has 0 fully saturated rings. The highest BCUT2D eigenvalue weighted by molar-refractivity contribution is 5.63. The van der Waals surface area contributed by atoms with Gasteiger partial charge in [-0.15, -0.1) is 0 Å². The van der Waals surface area contributed by atoms with Gasteiger partial charge in [-0.2, -0.15) is 0 Å². The van der Waals surface area contributed by atoms with Gasteiger partial charge in [-0.1, -0.05) is 24.3 Å². The Hall–Kier alpha value is -2.23. The lowest BCUT2D eigenvalue weighted by Gasteiger charge is -2.21. The third-order valence-corrected chi connectivity index (χ3v) is 3.68. The summed E-state index contributed by atoms with van der Waals surface area (Å²) in [6.07, 6.45) is 2.17. The third-order valence-electron chi connectivity index (χ3n) is 3.68. The second kappa shape index (κ2) is 6.04. The first-order chi connectivity index (χ1) is 10.3. The maximum atomic E-state index is 14.1. The second-order valence-electron chi connectivity index (χ2n) is 5.04. The molecule has 0 bridgehead atoms. The van der Waals surface area contributed by atoms with Gasteiger partial charge in [0.15, 0.2) is 11.6 Å². The van der Waals surface area contributed by atoms with E-state index >= 15 is 0 Å². The molecule has 1 heterocycles. The van der Waals surface area contributed by atoms with Gasteiger partial charge in [-0.25, -0.2) is 4.39 Å². The van der Waals surface area contributed by atoms with E-state index in [1.165, 1.54) is 12.7 Å². The van der Waals surface area contributed by atoms with Gasteiger partial charge in [-0.3, -0.25) is 0 Å². The van der Waals surface area contributed by atoms with Crippen LogP contribution >= 0.6 is 0 Å². The van der Waals surface area contributed by atoms with Gasteiger partial charge in [0.1, 0.15) is 12.4 Å². The summed E-state index contributed by atoms with van der Waals surface area (Å²) in [5.74, 6) is 0.650. The first-order valence-corrected chi connectivity index (χ1v) is 7.09. The molecule has 110 valence electrons. The van der Waals surface area contributed by atoms with Crippen molar-refractivity contribution in [3.63, 3.8) is 0 Å². The van der Waals surface area contributed by atoms with Gasteiger partial charge >= 0.3 is 0 Å². The van der Waals surface area contributed by atoms with E-state index in [1.54, 1.807) is 18.2 Å². The lowest BCUT2D eigenvalue weighted by molar-refractivity contribution is 0.296. The summed E-state index contributed by atoms with van der Waals surface area (Å²) in [6.45, 7) is 1.13. The summed E-state index contributed by atoms with van der Waals surface area (Å²) < 4.78 is 24.9. The zero-order valence-corrected chi connectivity index (χ0v) is 12.0. The summed E-state index contributed by atoms with van der Waals surface area (Å²) >= 11 is 0. The predicted molar refractivity (Wildman–Crippen MR) is 80.5 cm³/mol. The van der Waals surface area contributed by atoms with E-state index in [0.29, 0.717) is 5.56 Å². The van der Waals surface area contributed by atoms with Crippen molar-refractivity contribution in [1.29, 1.82) is 0 Å². The number of rotatable bonds is 4. The molecule has 21 heavy (non-hydrogen) atoms. The Labute approximate surface area is 123 Å². The number of para-hydroxylation sites is 1. The maximum absolute atomic E-state index is 14.1. The molecule has 4 heteroatoms. The largest absolute Gasteiger partial charge is 0.494 e. The Morgan fingerprint density at radius 1 is 1.14 bits per heavy atom. The van der Waals surface area contributed by atoms with Crippen LogP contribution in [0.15, 0.2) is 36.4 Å². The van der Waals surface area contributed by atoms with E-state index in [9.17, 15) is 4.39 Å². The molecule has 0 aliphatic carbocycles. The van der Waals surface area contributed by atoms with Crippen LogP contribution in [0.2, 0.25) is 0 Å². The van der Waals surface area contributed by atoms with Crippen LogP contribution in [0, 0.1) is 5.82 Å². The number of methoxy groups -OCH3 is 1. The van der Waals surface area contributed by atoms with E-state index in [1.807, 2.05) is 12.1 Å². The fourth-order valence-corrected chi connectivity index (χ4v) is 2.58. The molecule has 0 radical (unpaired) electrons. The fraction of sp³-hybridized carbons (Fsp3) is 0.294. The zero-order chi connectivity index (χ0) is 14.7. The molecular weight excluding hydrogens is 269 g/mol. The number of ether oxygens (including phenoxy) is 2. The van der Waals surface area contributed by atoms with E-state index in [0.717, 1.165) is 30.8 Å². The number of hydrogen-bond donors (Lipinski definition) is 1. The molecule has 0 saturated heterocycles. The lowest BCUT2D eigenvalue weighted by Crippen LogP contribution is -2.13. The van der Waals surface area contributed by atoms with Gasteiger partial charge in [0, 0.05) is 12.1 Å². The fourth-order valence-electron chi connectivity index (χ4n) is 2.58. The van der Waals surface area contributed by atoms with E-state index in [4.69, 9.17) is 9.47 Å². The van der Waals surface area contributed by atoms with Crippen LogP contribution in [0.25, 0.3) is 0 Å². The van der Waals surface area contributed by atoms with Crippen LogP contribution in [-0.2, 0) is 13.0 Å². The standard InChI is InChI=1S/C17H18FNO2/c1-20-14-8-3-6-13(16(14)18)11-21-15-9-2-5-12-7-4-10-19-17(12)15/h2-3,5-6,8-9,19H,4,7,10-11H2,1H3. The number of aryl methyl sites for hydroxylation is 1. The van der Waals surface area contributed by atoms with Crippen molar-refractivity contribution in [2.24, 2.45) is 0 Å². The number of halogens is 1. The van der Waals surface area contributed by atoms with Crippen LogP contribution in [-0.4, -0.2) is 13.7 Å². The summed E-state index contributed by atoms with van der Waals surface area (Å²) in [5, 5.41) is 3.36. The van der Waals surface area contributed by atoms with Crippen LogP contribution in [0.1, 0.15) is 17.5 Å². The minimum atomic E-state index is -0.363. The van der Waals surface area contributed by atoms with Crippen molar-refractivity contribution in [2.75, 3.05) is 19.0 Å². The van der Waals surface area contributed by atoms with Gasteiger partial charge < -0.3 is 14.8 Å². The van der Waals surface area contributed by atoms with Gasteiger partial charge in [-0.05, 0) is 30.5 Å². The smallest absolute Gasteiger partial charge is 0.171 e. The Balaban J connectivity index is 1.80. The van der Waals surface area contributed by atoms with Gasteiger partial charge in [0.2, 0.25) is 0 Å². The molecule has 0 atom stereocenters. The number of anilines is 1. The SMILES string of the molecule is COc1cccc(COc2cccc3c2NCCC3)c1F. The number of fused-ring (bicyclic) bond motifs is 1. The van der Waals surface area contributed by atoms with Crippen LogP contribution in [0.3, 0.4) is 0 Å². The maximum Gasteiger partial charge on any atom is 0.171 e. The van der Waals surface area contributed by atoms with E-state index in [2.05, 4.69) is 11.4 Å². The minimum Gasteiger partial charge on any atom is -0.494 e. The predicted octanol–water partition coefficient (Wildman–Crippen LogP) is 3.77. The molecule has 2 aromatic carbocycles. The molecule has 1 N–H and O–H groups in total. The summed E-state index contributed by atoms with van der Waals surface area (Å²) in [7, 11) is 1.46. The third kappa shape index (κ3) is 2.79. The van der Waals surface area contributed by atoms with Gasteiger partial charge in [0.25, 0.3) is 0 Å². The van der Waals surface area contributed by atoms with Crippen LogP contribution in [0.4, 0.5) is 10.1 Å². The highest BCUT2D eigenvalue weighted by Gasteiger charge is 2.14. The molecule has 0 amide bonds. The average molecular weight is 287 g/mol. The highest BCUT2D eigenvalue weighted by Crippen LogP contribution is 2.33. The number of benzene rings is 2. The first kappa shape index (κ1) is 13.7. The molecule has 1 aliphatic rings. The Morgan fingerprint density at radius 2 is 1.95 bits per heavy atom. The number of hydrogen-bond acceptors (Lipinski definition) is 3. The van der Waals surface area contributed by atoms with Crippen molar-refractivity contribution in [1.82, 2.24) is 0 Å². The van der Waals surface area contributed by atoms with Crippen molar-refractivity contribution >= 4 is 5.69 Å². The molecule has 0 saturated carbocycles. The van der Waals surface area contributed by atoms with Crippen molar-refractivity contribution in [3.05, 3.63) is 53.3 Å². The quantitative estimate of drug-likeness (QED) is 0.928. The van der Waals surface area contributed by atoms with Crippen molar-refractivity contribution in [2.45, 2.75) is 19.4 Å². The Bertz CT molecular complexity index is 643. The molecule has 3 nitrogen and oxygen atoms in total.